The predicted molar refractivity (Wildman–Crippen MR) is 59.5 cm³/mol. The zero-order chi connectivity index (χ0) is 10.4. The largest absolute Gasteiger partial charge is 0.306 e. The van der Waals surface area contributed by atoms with Crippen LogP contribution in [0.25, 0.3) is 0 Å². The Labute approximate surface area is 87.6 Å². The summed E-state index contributed by atoms with van der Waals surface area (Å²) in [6.07, 6.45) is 3.49. The van der Waals surface area contributed by atoms with Gasteiger partial charge in [0.05, 0.1) is 5.75 Å². The highest BCUT2D eigenvalue weighted by atomic mass is 32.2. The Morgan fingerprint density at radius 2 is 1.79 bits per heavy atom. The number of rotatable bonds is 5. The maximum absolute atomic E-state index is 10.5. The van der Waals surface area contributed by atoms with Crippen molar-refractivity contribution in [3.63, 3.8) is 0 Å². The average molecular weight is 212 g/mol. The fraction of sp³-hybridized carbons (Fsp3) is 0.455. The smallest absolute Gasteiger partial charge is 0.157 e. The van der Waals surface area contributed by atoms with Crippen LogP contribution in [-0.2, 0) is 23.3 Å². The molecule has 3 heteroatoms. The first-order chi connectivity index (χ1) is 6.72. The van der Waals surface area contributed by atoms with Gasteiger partial charge in [0.2, 0.25) is 0 Å². The van der Waals surface area contributed by atoms with Crippen LogP contribution in [0.5, 0.6) is 0 Å². The van der Waals surface area contributed by atoms with Crippen molar-refractivity contribution < 1.29 is 8.76 Å². The van der Waals surface area contributed by atoms with Gasteiger partial charge in [-0.2, -0.15) is 0 Å². The molecule has 1 rings (SSSR count). The van der Waals surface area contributed by atoms with E-state index < -0.39 is 11.1 Å². The highest BCUT2D eigenvalue weighted by Gasteiger charge is 1.98. The van der Waals surface area contributed by atoms with Crippen molar-refractivity contribution in [2.45, 2.75) is 31.9 Å². The number of hydrogen-bond donors (Lipinski definition) is 1. The molecular weight excluding hydrogens is 196 g/mol. The topological polar surface area (TPSA) is 37.3 Å². The molecule has 0 aromatic heterocycles. The van der Waals surface area contributed by atoms with Crippen LogP contribution in [0.4, 0.5) is 0 Å². The van der Waals surface area contributed by atoms with E-state index in [1.54, 1.807) is 0 Å². The van der Waals surface area contributed by atoms with E-state index in [9.17, 15) is 4.21 Å². The molecule has 1 N–H and O–H groups in total. The van der Waals surface area contributed by atoms with Crippen molar-refractivity contribution in [1.29, 1.82) is 0 Å². The third-order valence-corrected chi connectivity index (χ3v) is 2.71. The molecule has 0 aliphatic rings. The summed E-state index contributed by atoms with van der Waals surface area (Å²) in [6.45, 7) is 2.17. The van der Waals surface area contributed by atoms with Crippen LogP contribution in [-0.4, -0.2) is 8.76 Å². The van der Waals surface area contributed by atoms with E-state index in [-0.39, 0.29) is 5.75 Å². The second kappa shape index (κ2) is 5.94. The van der Waals surface area contributed by atoms with Crippen molar-refractivity contribution in [2.75, 3.05) is 0 Å². The molecule has 0 saturated carbocycles. The summed E-state index contributed by atoms with van der Waals surface area (Å²) in [5.41, 5.74) is 2.23. The lowest BCUT2D eigenvalue weighted by Crippen LogP contribution is -1.93. The molecule has 0 radical (unpaired) electrons. The SMILES string of the molecule is CCCCc1ccc(CS(=O)O)cc1. The van der Waals surface area contributed by atoms with E-state index in [0.29, 0.717) is 0 Å². The lowest BCUT2D eigenvalue weighted by molar-refractivity contribution is 0.563. The molecular formula is C11H16O2S. The minimum Gasteiger partial charge on any atom is -0.306 e. The van der Waals surface area contributed by atoms with Gasteiger partial charge in [0.25, 0.3) is 0 Å². The Hall–Kier alpha value is -0.670. The van der Waals surface area contributed by atoms with Gasteiger partial charge in [0.1, 0.15) is 0 Å². The van der Waals surface area contributed by atoms with E-state index >= 15 is 0 Å². The Bertz CT molecular complexity index is 293. The standard InChI is InChI=1S/C11H16O2S/c1-2-3-4-10-5-7-11(8-6-10)9-14(12)13/h5-8H,2-4,9H2,1H3,(H,12,13). The van der Waals surface area contributed by atoms with Crippen molar-refractivity contribution >= 4 is 11.1 Å². The molecule has 14 heavy (non-hydrogen) atoms. The normalized spacial score (nSPS) is 12.7. The zero-order valence-electron chi connectivity index (χ0n) is 8.40. The van der Waals surface area contributed by atoms with Gasteiger partial charge < -0.3 is 4.55 Å². The Kier molecular flexibility index (Phi) is 4.84. The van der Waals surface area contributed by atoms with Crippen LogP contribution >= 0.6 is 0 Å². The summed E-state index contributed by atoms with van der Waals surface area (Å²) >= 11 is -1.73. The zero-order valence-corrected chi connectivity index (χ0v) is 9.22. The maximum atomic E-state index is 10.5. The van der Waals surface area contributed by atoms with Gasteiger partial charge >= 0.3 is 0 Å². The van der Waals surface area contributed by atoms with Gasteiger partial charge in [-0.15, -0.1) is 0 Å². The maximum Gasteiger partial charge on any atom is 0.157 e. The molecule has 1 unspecified atom stereocenters. The van der Waals surface area contributed by atoms with Gasteiger partial charge in [-0.1, -0.05) is 37.6 Å². The summed E-state index contributed by atoms with van der Waals surface area (Å²) in [4.78, 5) is 0. The fourth-order valence-corrected chi connectivity index (χ4v) is 1.80. The van der Waals surface area contributed by atoms with Gasteiger partial charge in [0.15, 0.2) is 11.1 Å². The Morgan fingerprint density at radius 3 is 2.29 bits per heavy atom. The average Bonchev–Trinajstić information content (AvgIpc) is 2.16. The van der Waals surface area contributed by atoms with Crippen LogP contribution in [0.1, 0.15) is 30.9 Å². The van der Waals surface area contributed by atoms with E-state index in [2.05, 4.69) is 6.92 Å². The third kappa shape index (κ3) is 4.03. The van der Waals surface area contributed by atoms with Crippen LogP contribution in [0.2, 0.25) is 0 Å². The van der Waals surface area contributed by atoms with Crippen LogP contribution in [0, 0.1) is 0 Å². The molecule has 0 amide bonds. The van der Waals surface area contributed by atoms with Crippen LogP contribution < -0.4 is 0 Å². The van der Waals surface area contributed by atoms with Crippen molar-refractivity contribution in [1.82, 2.24) is 0 Å². The molecule has 2 nitrogen and oxygen atoms in total. The van der Waals surface area contributed by atoms with Gasteiger partial charge in [0, 0.05) is 0 Å². The Morgan fingerprint density at radius 1 is 1.21 bits per heavy atom. The summed E-state index contributed by atoms with van der Waals surface area (Å²) in [5, 5.41) is 0. The van der Waals surface area contributed by atoms with Gasteiger partial charge in [-0.25, -0.2) is 4.21 Å². The molecule has 0 spiro atoms. The van der Waals surface area contributed by atoms with Gasteiger partial charge in [-0.05, 0) is 24.0 Å². The molecule has 0 heterocycles. The van der Waals surface area contributed by atoms with E-state index in [0.717, 1.165) is 12.0 Å². The lowest BCUT2D eigenvalue weighted by Gasteiger charge is -2.01. The number of unbranched alkanes of at least 4 members (excludes halogenated alkanes) is 1. The van der Waals surface area contributed by atoms with Crippen LogP contribution in [0.3, 0.4) is 0 Å². The van der Waals surface area contributed by atoms with Gasteiger partial charge in [-0.3, -0.25) is 0 Å². The van der Waals surface area contributed by atoms with E-state index in [1.165, 1.54) is 18.4 Å². The first-order valence-corrected chi connectivity index (χ1v) is 6.15. The summed E-state index contributed by atoms with van der Waals surface area (Å²) in [5.74, 6) is 0.230. The highest BCUT2D eigenvalue weighted by molar-refractivity contribution is 7.78. The first-order valence-electron chi connectivity index (χ1n) is 4.87. The second-order valence-electron chi connectivity index (χ2n) is 3.39. The summed E-state index contributed by atoms with van der Waals surface area (Å²) in [6, 6.07) is 7.94. The number of hydrogen-bond acceptors (Lipinski definition) is 1. The predicted octanol–water partition coefficient (Wildman–Crippen LogP) is 2.75. The van der Waals surface area contributed by atoms with Crippen molar-refractivity contribution in [2.24, 2.45) is 0 Å². The number of aryl methyl sites for hydroxylation is 1. The molecule has 0 aliphatic carbocycles. The molecule has 1 aromatic rings. The Balaban J connectivity index is 2.54. The monoisotopic (exact) mass is 212 g/mol. The molecule has 0 fully saturated rings. The van der Waals surface area contributed by atoms with Crippen molar-refractivity contribution in [3.8, 4) is 0 Å². The molecule has 0 aliphatic heterocycles. The molecule has 1 atom stereocenters. The van der Waals surface area contributed by atoms with Crippen LogP contribution in [0.15, 0.2) is 24.3 Å². The first kappa shape index (κ1) is 11.4. The molecule has 1 aromatic carbocycles. The molecule has 78 valence electrons. The fourth-order valence-electron chi connectivity index (χ4n) is 1.33. The molecule has 0 saturated heterocycles. The quantitative estimate of drug-likeness (QED) is 0.762. The van der Waals surface area contributed by atoms with Crippen molar-refractivity contribution in [3.05, 3.63) is 35.4 Å². The lowest BCUT2D eigenvalue weighted by atomic mass is 10.1. The second-order valence-corrected chi connectivity index (χ2v) is 4.32. The van der Waals surface area contributed by atoms with E-state index in [1.807, 2.05) is 24.3 Å². The minimum atomic E-state index is -1.73. The highest BCUT2D eigenvalue weighted by Crippen LogP contribution is 2.09. The summed E-state index contributed by atoms with van der Waals surface area (Å²) in [7, 11) is 0. The molecule has 0 bridgehead atoms. The number of benzene rings is 1. The summed E-state index contributed by atoms with van der Waals surface area (Å²) < 4.78 is 19.2. The third-order valence-electron chi connectivity index (χ3n) is 2.13. The minimum absolute atomic E-state index is 0.230. The van der Waals surface area contributed by atoms with E-state index in [4.69, 9.17) is 4.55 Å².